The van der Waals surface area contributed by atoms with Gasteiger partial charge in [0.1, 0.15) is 5.56 Å². The normalized spacial score (nSPS) is 12.2. The minimum atomic E-state index is -4.06. The lowest BCUT2D eigenvalue weighted by Crippen LogP contribution is -2.36. The van der Waals surface area contributed by atoms with Gasteiger partial charge in [-0.25, -0.2) is 9.50 Å². The number of carbonyl (C=O) groups excluding carboxylic acids is 1. The maximum atomic E-state index is 14.3. The number of hydrogen-bond acceptors (Lipinski definition) is 7. The molecule has 1 atom stereocenters. The summed E-state index contributed by atoms with van der Waals surface area (Å²) in [5, 5.41) is 12.4. The summed E-state index contributed by atoms with van der Waals surface area (Å²) in [6.07, 6.45) is 6.48. The molecule has 47 heavy (non-hydrogen) atoms. The molecule has 4 aromatic heterocycles. The molecule has 6 aromatic rings. The first-order chi connectivity index (χ1) is 22.5. The summed E-state index contributed by atoms with van der Waals surface area (Å²) in [6, 6.07) is 16.9. The summed E-state index contributed by atoms with van der Waals surface area (Å²) in [4.78, 5) is 32.5. The Labute approximate surface area is 270 Å². The molecule has 0 bridgehead atoms. The number of carbonyl (C=O) groups is 1. The number of fused-ring (bicyclic) bond motifs is 2. The first-order valence-electron chi connectivity index (χ1n) is 14.7. The number of aromatic nitrogens is 6. The van der Waals surface area contributed by atoms with Crippen LogP contribution in [0.25, 0.3) is 22.1 Å². The van der Waals surface area contributed by atoms with Gasteiger partial charge >= 0.3 is 10.2 Å². The summed E-state index contributed by atoms with van der Waals surface area (Å²) in [5.74, 6) is 5.37. The van der Waals surface area contributed by atoms with Crippen molar-refractivity contribution in [3.05, 3.63) is 118 Å². The van der Waals surface area contributed by atoms with Crippen LogP contribution >= 0.6 is 0 Å². The number of anilines is 1. The minimum absolute atomic E-state index is 0.0751. The molecule has 0 fully saturated rings. The van der Waals surface area contributed by atoms with Gasteiger partial charge in [-0.15, -0.1) is 5.10 Å². The fraction of sp³-hybridized carbons (Fsp3) is 0.182. The quantitative estimate of drug-likeness (QED) is 0.214. The predicted octanol–water partition coefficient (Wildman–Crippen LogP) is 3.31. The van der Waals surface area contributed by atoms with Crippen LogP contribution in [0.2, 0.25) is 0 Å². The highest BCUT2D eigenvalue weighted by molar-refractivity contribution is 7.90. The van der Waals surface area contributed by atoms with Crippen LogP contribution in [0.15, 0.2) is 90.2 Å². The van der Waals surface area contributed by atoms with Crippen LogP contribution in [0.1, 0.15) is 54.0 Å². The van der Waals surface area contributed by atoms with Gasteiger partial charge in [-0.05, 0) is 56.5 Å². The van der Waals surface area contributed by atoms with E-state index in [0.717, 1.165) is 0 Å². The number of nitrogens with zero attached hydrogens (tertiary/aromatic N) is 6. The van der Waals surface area contributed by atoms with E-state index in [-0.39, 0.29) is 22.6 Å². The molecule has 4 heterocycles. The lowest BCUT2D eigenvalue weighted by atomic mass is 10.0. The second kappa shape index (κ2) is 12.5. The summed E-state index contributed by atoms with van der Waals surface area (Å²) in [6.45, 7) is 5.09. The van der Waals surface area contributed by atoms with E-state index in [1.54, 1.807) is 79.9 Å². The standard InChI is InChI=1S/C33H31N9O4S/c1-21(2)38-47(45,46)39-30-29(31-34-16-9-17-41(31)37-30)32(43)36-22(3)27-18-25-11-8-10-24(15-14-23-19-35-40(4)20-23)28(25)33(44)42(27)26-12-6-5-7-13-26/h5-13,16-22,38H,1-4H3,(H,36,43)(H,37,39). The van der Waals surface area contributed by atoms with Gasteiger partial charge in [-0.1, -0.05) is 42.2 Å². The van der Waals surface area contributed by atoms with Gasteiger partial charge in [0.05, 0.1) is 23.2 Å². The topological polar surface area (TPSA) is 157 Å². The van der Waals surface area contributed by atoms with Gasteiger partial charge < -0.3 is 5.32 Å². The van der Waals surface area contributed by atoms with Crippen molar-refractivity contribution in [2.45, 2.75) is 32.9 Å². The Morgan fingerprint density at radius 3 is 2.51 bits per heavy atom. The Bertz CT molecular complexity index is 2370. The van der Waals surface area contributed by atoms with E-state index < -0.39 is 28.2 Å². The second-order valence-corrected chi connectivity index (χ2v) is 12.6. The molecule has 6 rings (SSSR count). The van der Waals surface area contributed by atoms with E-state index in [9.17, 15) is 18.0 Å². The summed E-state index contributed by atoms with van der Waals surface area (Å²) >= 11 is 0. The van der Waals surface area contributed by atoms with E-state index in [2.05, 4.69) is 41.8 Å². The number of rotatable bonds is 8. The fourth-order valence-corrected chi connectivity index (χ4v) is 6.33. The predicted molar refractivity (Wildman–Crippen MR) is 178 cm³/mol. The van der Waals surface area contributed by atoms with E-state index in [1.165, 1.54) is 10.7 Å². The minimum Gasteiger partial charge on any atom is -0.344 e. The van der Waals surface area contributed by atoms with E-state index in [0.29, 0.717) is 33.3 Å². The van der Waals surface area contributed by atoms with Crippen LogP contribution < -0.4 is 20.3 Å². The highest BCUT2D eigenvalue weighted by atomic mass is 32.2. The highest BCUT2D eigenvalue weighted by Gasteiger charge is 2.27. The van der Waals surface area contributed by atoms with Crippen molar-refractivity contribution in [3.8, 4) is 17.5 Å². The van der Waals surface area contributed by atoms with Gasteiger partial charge in [0, 0.05) is 48.6 Å². The molecular formula is C33H31N9O4S. The van der Waals surface area contributed by atoms with Gasteiger partial charge in [0.25, 0.3) is 11.5 Å². The Morgan fingerprint density at radius 2 is 1.79 bits per heavy atom. The molecule has 0 radical (unpaired) electrons. The summed E-state index contributed by atoms with van der Waals surface area (Å²) < 4.78 is 34.8. The van der Waals surface area contributed by atoms with Gasteiger partial charge in [-0.2, -0.15) is 18.2 Å². The molecule has 3 N–H and O–H groups in total. The molecule has 13 nitrogen and oxygen atoms in total. The number of para-hydroxylation sites is 1. The van der Waals surface area contributed by atoms with E-state index in [1.807, 2.05) is 36.4 Å². The van der Waals surface area contributed by atoms with Crippen molar-refractivity contribution in [1.29, 1.82) is 0 Å². The third-order valence-corrected chi connectivity index (χ3v) is 8.42. The highest BCUT2D eigenvalue weighted by Crippen LogP contribution is 2.25. The summed E-state index contributed by atoms with van der Waals surface area (Å²) in [5.41, 5.74) is 2.11. The van der Waals surface area contributed by atoms with Crippen molar-refractivity contribution < 1.29 is 13.2 Å². The molecule has 238 valence electrons. The molecule has 1 amide bonds. The number of benzene rings is 2. The first-order valence-corrected chi connectivity index (χ1v) is 16.2. The van der Waals surface area contributed by atoms with Gasteiger partial charge in [0.2, 0.25) is 0 Å². The number of aryl methyl sites for hydroxylation is 1. The zero-order chi connectivity index (χ0) is 33.3. The molecule has 0 aliphatic heterocycles. The lowest BCUT2D eigenvalue weighted by Gasteiger charge is -2.21. The van der Waals surface area contributed by atoms with Crippen molar-refractivity contribution in [2.75, 3.05) is 4.72 Å². The number of pyridine rings is 1. The smallest absolute Gasteiger partial charge is 0.300 e. The van der Waals surface area contributed by atoms with Crippen molar-refractivity contribution in [2.24, 2.45) is 7.05 Å². The third kappa shape index (κ3) is 6.48. The Balaban J connectivity index is 1.44. The Morgan fingerprint density at radius 1 is 1.00 bits per heavy atom. The Kier molecular flexibility index (Phi) is 8.33. The van der Waals surface area contributed by atoms with Crippen LogP contribution in [0.4, 0.5) is 5.82 Å². The first kappa shape index (κ1) is 31.2. The van der Waals surface area contributed by atoms with Gasteiger partial charge in [0.15, 0.2) is 11.5 Å². The van der Waals surface area contributed by atoms with Crippen LogP contribution in [-0.2, 0) is 17.3 Å². The average molecular weight is 650 g/mol. The SMILES string of the molecule is CC(C)NS(=O)(=O)Nc1nn2cccnc2c1C(=O)NC(C)c1cc2cccc(C#Cc3cnn(C)c3)c2c(=O)n1-c1ccccc1. The van der Waals surface area contributed by atoms with E-state index >= 15 is 0 Å². The van der Waals surface area contributed by atoms with Crippen LogP contribution in [0, 0.1) is 11.8 Å². The van der Waals surface area contributed by atoms with Crippen LogP contribution in [-0.4, -0.2) is 49.3 Å². The lowest BCUT2D eigenvalue weighted by molar-refractivity contribution is 0.0941. The maximum Gasteiger partial charge on any atom is 0.300 e. The van der Waals surface area contributed by atoms with Crippen LogP contribution in [0.3, 0.4) is 0 Å². The monoisotopic (exact) mass is 649 g/mol. The van der Waals surface area contributed by atoms with Crippen molar-refractivity contribution >= 4 is 38.4 Å². The third-order valence-electron chi connectivity index (χ3n) is 7.17. The molecule has 0 spiro atoms. The summed E-state index contributed by atoms with van der Waals surface area (Å²) in [7, 11) is -2.26. The molecule has 2 aromatic carbocycles. The zero-order valence-electron chi connectivity index (χ0n) is 26.0. The van der Waals surface area contributed by atoms with Gasteiger partial charge in [-0.3, -0.25) is 23.6 Å². The molecule has 0 aliphatic carbocycles. The van der Waals surface area contributed by atoms with E-state index in [4.69, 9.17) is 0 Å². The number of nitrogens with one attached hydrogen (secondary N) is 3. The largest absolute Gasteiger partial charge is 0.344 e. The maximum absolute atomic E-state index is 14.3. The Hall–Kier alpha value is -5.78. The number of hydrogen-bond donors (Lipinski definition) is 3. The molecule has 0 saturated carbocycles. The molecule has 0 saturated heterocycles. The number of amides is 1. The zero-order valence-corrected chi connectivity index (χ0v) is 26.8. The van der Waals surface area contributed by atoms with Crippen LogP contribution in [0.5, 0.6) is 0 Å². The van der Waals surface area contributed by atoms with Crippen molar-refractivity contribution in [1.82, 2.24) is 39.0 Å². The fourth-order valence-electron chi connectivity index (χ4n) is 5.25. The molecule has 1 unspecified atom stereocenters. The average Bonchev–Trinajstić information content (AvgIpc) is 3.61. The second-order valence-electron chi connectivity index (χ2n) is 11.2. The van der Waals surface area contributed by atoms with Crippen molar-refractivity contribution in [3.63, 3.8) is 0 Å². The molecular weight excluding hydrogens is 618 g/mol. The molecule has 14 heteroatoms. The molecule has 0 aliphatic rings.